The van der Waals surface area contributed by atoms with Gasteiger partial charge in [-0.05, 0) is 71.1 Å². The van der Waals surface area contributed by atoms with Crippen molar-refractivity contribution >= 4 is 21.6 Å². The number of halogens is 1. The van der Waals surface area contributed by atoms with Crippen molar-refractivity contribution in [2.45, 2.75) is 64.2 Å². The molecule has 0 unspecified atom stereocenters. The molecule has 0 bridgehead atoms. The maximum Gasteiger partial charge on any atom is 0.227 e. The van der Waals surface area contributed by atoms with Crippen LogP contribution in [0.25, 0.3) is 0 Å². The summed E-state index contributed by atoms with van der Waals surface area (Å²) in [5.41, 5.74) is 0.980. The maximum atomic E-state index is 13.6. The quantitative estimate of drug-likeness (QED) is 0.853. The van der Waals surface area contributed by atoms with Crippen molar-refractivity contribution in [1.29, 1.82) is 0 Å². The van der Waals surface area contributed by atoms with Gasteiger partial charge in [0.15, 0.2) is 0 Å². The molecule has 1 saturated carbocycles. The van der Waals surface area contributed by atoms with Crippen molar-refractivity contribution in [3.05, 3.63) is 29.6 Å². The van der Waals surface area contributed by atoms with E-state index < -0.39 is 14.8 Å². The summed E-state index contributed by atoms with van der Waals surface area (Å²) < 4.78 is 39.9. The smallest absolute Gasteiger partial charge is 0.227 e. The number of carbonyl (C=O) groups is 1. The lowest BCUT2D eigenvalue weighted by atomic mass is 9.86. The Morgan fingerprint density at radius 3 is 2.28 bits per heavy atom. The fourth-order valence-electron chi connectivity index (χ4n) is 2.78. The molecular formula is C18H27FN2O3S. The Morgan fingerprint density at radius 1 is 1.16 bits per heavy atom. The molecule has 1 aromatic carbocycles. The molecule has 7 heteroatoms. The predicted octanol–water partition coefficient (Wildman–Crippen LogP) is 3.35. The third-order valence-electron chi connectivity index (χ3n) is 4.67. The van der Waals surface area contributed by atoms with Gasteiger partial charge in [-0.2, -0.15) is 0 Å². The van der Waals surface area contributed by atoms with Gasteiger partial charge in [0.2, 0.25) is 15.9 Å². The second-order valence-corrected chi connectivity index (χ2v) is 10.2. The normalized spacial score (nSPS) is 21.8. The van der Waals surface area contributed by atoms with E-state index in [-0.39, 0.29) is 23.7 Å². The van der Waals surface area contributed by atoms with Gasteiger partial charge < -0.3 is 5.32 Å². The van der Waals surface area contributed by atoms with E-state index in [2.05, 4.69) is 10.0 Å². The van der Waals surface area contributed by atoms with Gasteiger partial charge in [0.1, 0.15) is 5.82 Å². The Bertz CT molecular complexity index is 733. The standard InChI is InChI=1S/C18H27FN2O3S/c1-12-5-8-15(11-16(12)19)20-17(22)13-6-9-14(10-7-13)21-25(23,24)18(2,3)4/h5,8,11,13-14,21H,6-7,9-10H2,1-4H3,(H,20,22)/t13-,14-. The zero-order valence-electron chi connectivity index (χ0n) is 15.2. The molecule has 0 heterocycles. The maximum absolute atomic E-state index is 13.6. The van der Waals surface area contributed by atoms with E-state index in [0.717, 1.165) is 0 Å². The monoisotopic (exact) mass is 370 g/mol. The van der Waals surface area contributed by atoms with E-state index >= 15 is 0 Å². The van der Waals surface area contributed by atoms with E-state index in [1.165, 1.54) is 6.07 Å². The highest BCUT2D eigenvalue weighted by Crippen LogP contribution is 2.27. The zero-order valence-corrected chi connectivity index (χ0v) is 16.0. The largest absolute Gasteiger partial charge is 0.326 e. The molecule has 1 aliphatic carbocycles. The number of benzene rings is 1. The topological polar surface area (TPSA) is 75.3 Å². The molecule has 1 amide bonds. The number of amides is 1. The predicted molar refractivity (Wildman–Crippen MR) is 97.3 cm³/mol. The van der Waals surface area contributed by atoms with Crippen molar-refractivity contribution in [2.24, 2.45) is 5.92 Å². The molecule has 2 rings (SSSR count). The first kappa shape index (κ1) is 19.8. The summed E-state index contributed by atoms with van der Waals surface area (Å²) in [6.45, 7) is 6.65. The minimum absolute atomic E-state index is 0.134. The molecule has 5 nitrogen and oxygen atoms in total. The van der Waals surface area contributed by atoms with E-state index in [4.69, 9.17) is 0 Å². The number of anilines is 1. The number of nitrogens with one attached hydrogen (secondary N) is 2. The second-order valence-electron chi connectivity index (χ2n) is 7.74. The Hall–Kier alpha value is -1.47. The van der Waals surface area contributed by atoms with E-state index in [1.807, 2.05) is 0 Å². The van der Waals surface area contributed by atoms with Crippen LogP contribution in [0.5, 0.6) is 0 Å². The molecule has 1 aliphatic rings. The molecule has 0 saturated heterocycles. The fraction of sp³-hybridized carbons (Fsp3) is 0.611. The molecule has 0 aliphatic heterocycles. The van der Waals surface area contributed by atoms with Gasteiger partial charge in [-0.15, -0.1) is 0 Å². The van der Waals surface area contributed by atoms with Crippen molar-refractivity contribution in [1.82, 2.24) is 4.72 Å². The van der Waals surface area contributed by atoms with Gasteiger partial charge >= 0.3 is 0 Å². The van der Waals surface area contributed by atoms with E-state index in [0.29, 0.717) is 36.9 Å². The number of sulfonamides is 1. The summed E-state index contributed by atoms with van der Waals surface area (Å²) in [6.07, 6.45) is 2.46. The van der Waals surface area contributed by atoms with Crippen LogP contribution in [0.4, 0.5) is 10.1 Å². The summed E-state index contributed by atoms with van der Waals surface area (Å²) in [6, 6.07) is 4.49. The van der Waals surface area contributed by atoms with E-state index in [1.54, 1.807) is 39.8 Å². The molecular weight excluding hydrogens is 343 g/mol. The lowest BCUT2D eigenvalue weighted by Gasteiger charge is -2.30. The molecule has 25 heavy (non-hydrogen) atoms. The molecule has 1 fully saturated rings. The van der Waals surface area contributed by atoms with Gasteiger partial charge in [0.25, 0.3) is 0 Å². The third-order valence-corrected chi connectivity index (χ3v) is 6.92. The van der Waals surface area contributed by atoms with Crippen LogP contribution < -0.4 is 10.0 Å². The lowest BCUT2D eigenvalue weighted by Crippen LogP contribution is -2.46. The van der Waals surface area contributed by atoms with Crippen molar-refractivity contribution in [3.63, 3.8) is 0 Å². The summed E-state index contributed by atoms with van der Waals surface area (Å²) in [4.78, 5) is 12.3. The van der Waals surface area contributed by atoms with Crippen LogP contribution in [0.2, 0.25) is 0 Å². The highest BCUT2D eigenvalue weighted by atomic mass is 32.2. The molecule has 0 spiro atoms. The van der Waals surface area contributed by atoms with Gasteiger partial charge in [0.05, 0.1) is 4.75 Å². The zero-order chi connectivity index (χ0) is 18.8. The Morgan fingerprint density at radius 2 is 1.76 bits per heavy atom. The average Bonchev–Trinajstić information content (AvgIpc) is 2.50. The number of aryl methyl sites for hydroxylation is 1. The Kier molecular flexibility index (Phi) is 5.89. The van der Waals surface area contributed by atoms with Gasteiger partial charge in [0, 0.05) is 17.6 Å². The van der Waals surface area contributed by atoms with Crippen LogP contribution in [-0.4, -0.2) is 25.1 Å². The van der Waals surface area contributed by atoms with Gasteiger partial charge in [-0.25, -0.2) is 17.5 Å². The molecule has 1 aromatic rings. The Balaban J connectivity index is 1.89. The molecule has 140 valence electrons. The molecule has 0 radical (unpaired) electrons. The number of rotatable bonds is 4. The van der Waals surface area contributed by atoms with Gasteiger partial charge in [-0.3, -0.25) is 4.79 Å². The number of hydrogen-bond donors (Lipinski definition) is 2. The first-order chi connectivity index (χ1) is 11.5. The first-order valence-corrected chi connectivity index (χ1v) is 10.1. The van der Waals surface area contributed by atoms with Crippen molar-refractivity contribution in [3.8, 4) is 0 Å². The van der Waals surface area contributed by atoms with Crippen LogP contribution in [-0.2, 0) is 14.8 Å². The summed E-state index contributed by atoms with van der Waals surface area (Å²) >= 11 is 0. The van der Waals surface area contributed by atoms with Crippen LogP contribution in [0.3, 0.4) is 0 Å². The van der Waals surface area contributed by atoms with Crippen LogP contribution in [0.1, 0.15) is 52.0 Å². The lowest BCUT2D eigenvalue weighted by molar-refractivity contribution is -0.120. The minimum Gasteiger partial charge on any atom is -0.326 e. The van der Waals surface area contributed by atoms with Crippen LogP contribution in [0.15, 0.2) is 18.2 Å². The number of carbonyl (C=O) groups excluding carboxylic acids is 1. The van der Waals surface area contributed by atoms with Crippen molar-refractivity contribution in [2.75, 3.05) is 5.32 Å². The minimum atomic E-state index is -3.38. The summed E-state index contributed by atoms with van der Waals surface area (Å²) in [7, 11) is -3.38. The van der Waals surface area contributed by atoms with Crippen molar-refractivity contribution < 1.29 is 17.6 Å². The molecule has 0 atom stereocenters. The second kappa shape index (κ2) is 7.41. The SMILES string of the molecule is Cc1ccc(NC(=O)[C@H]2CC[C@H](NS(=O)(=O)C(C)(C)C)CC2)cc1F. The highest BCUT2D eigenvalue weighted by molar-refractivity contribution is 7.90. The fourth-order valence-corrected chi connectivity index (χ4v) is 3.81. The highest BCUT2D eigenvalue weighted by Gasteiger charge is 2.34. The first-order valence-electron chi connectivity index (χ1n) is 8.58. The van der Waals surface area contributed by atoms with E-state index in [9.17, 15) is 17.6 Å². The van der Waals surface area contributed by atoms with Crippen LogP contribution >= 0.6 is 0 Å². The summed E-state index contributed by atoms with van der Waals surface area (Å²) in [5.74, 6) is -0.668. The Labute approximate surface area is 149 Å². The van der Waals surface area contributed by atoms with Gasteiger partial charge in [-0.1, -0.05) is 6.07 Å². The molecule has 0 aromatic heterocycles. The van der Waals surface area contributed by atoms with Crippen LogP contribution in [0, 0.1) is 18.7 Å². The summed E-state index contributed by atoms with van der Waals surface area (Å²) in [5, 5.41) is 2.75. The average molecular weight is 370 g/mol. The molecule has 2 N–H and O–H groups in total. The third kappa shape index (κ3) is 5.01. The number of hydrogen-bond acceptors (Lipinski definition) is 3.